The van der Waals surface area contributed by atoms with Gasteiger partial charge in [-0.25, -0.2) is 0 Å². The fourth-order valence-corrected chi connectivity index (χ4v) is 2.15. The minimum Gasteiger partial charge on any atom is -0.481 e. The molecule has 5 nitrogen and oxygen atoms in total. The van der Waals surface area contributed by atoms with Gasteiger partial charge in [-0.05, 0) is 24.8 Å². The van der Waals surface area contributed by atoms with Gasteiger partial charge in [0, 0.05) is 16.7 Å². The molecule has 0 amide bonds. The number of rotatable bonds is 6. The van der Waals surface area contributed by atoms with E-state index >= 15 is 0 Å². The van der Waals surface area contributed by atoms with Crippen LogP contribution in [-0.2, 0) is 11.2 Å². The van der Waals surface area contributed by atoms with Crippen molar-refractivity contribution in [2.24, 2.45) is 11.8 Å². The van der Waals surface area contributed by atoms with Gasteiger partial charge in [0.2, 0.25) is 0 Å². The predicted octanol–water partition coefficient (Wildman–Crippen LogP) is 3.54. The van der Waals surface area contributed by atoms with Crippen LogP contribution in [-0.4, -0.2) is 16.0 Å². The molecule has 1 aromatic carbocycles. The monoisotopic (exact) mass is 285 g/mol. The predicted molar refractivity (Wildman–Crippen MR) is 72.4 cm³/mol. The highest BCUT2D eigenvalue weighted by atomic mass is 35.5. The summed E-state index contributed by atoms with van der Waals surface area (Å²) >= 11 is 5.72. The van der Waals surface area contributed by atoms with Gasteiger partial charge in [-0.3, -0.25) is 14.9 Å². The molecule has 0 saturated heterocycles. The minimum absolute atomic E-state index is 0.123. The van der Waals surface area contributed by atoms with Crippen LogP contribution in [0, 0.1) is 22.0 Å². The van der Waals surface area contributed by atoms with Crippen LogP contribution in [0.4, 0.5) is 5.69 Å². The molecule has 0 heterocycles. The van der Waals surface area contributed by atoms with Crippen LogP contribution in [0.3, 0.4) is 0 Å². The van der Waals surface area contributed by atoms with Crippen LogP contribution in [0.15, 0.2) is 18.2 Å². The van der Waals surface area contributed by atoms with E-state index in [1.54, 1.807) is 0 Å². The largest absolute Gasteiger partial charge is 0.481 e. The van der Waals surface area contributed by atoms with Gasteiger partial charge < -0.3 is 5.11 Å². The van der Waals surface area contributed by atoms with Crippen LogP contribution >= 0.6 is 11.6 Å². The summed E-state index contributed by atoms with van der Waals surface area (Å²) in [5.41, 5.74) is 0.282. The normalized spacial score (nSPS) is 12.4. The lowest BCUT2D eigenvalue weighted by atomic mass is 9.90. The molecule has 0 aliphatic rings. The molecule has 1 unspecified atom stereocenters. The first-order chi connectivity index (χ1) is 8.81. The number of nitro groups is 1. The number of carboxylic acids is 1. The highest BCUT2D eigenvalue weighted by Crippen LogP contribution is 2.27. The molecule has 0 bridgehead atoms. The van der Waals surface area contributed by atoms with Crippen molar-refractivity contribution in [2.45, 2.75) is 26.7 Å². The van der Waals surface area contributed by atoms with E-state index in [0.717, 1.165) is 0 Å². The summed E-state index contributed by atoms with van der Waals surface area (Å²) in [7, 11) is 0. The Labute approximate surface area is 116 Å². The van der Waals surface area contributed by atoms with Crippen molar-refractivity contribution in [3.8, 4) is 0 Å². The lowest BCUT2D eigenvalue weighted by Crippen LogP contribution is -2.19. The summed E-state index contributed by atoms with van der Waals surface area (Å²) in [5.74, 6) is -1.34. The van der Waals surface area contributed by atoms with E-state index in [1.807, 2.05) is 13.8 Å². The molecule has 0 aliphatic heterocycles. The molecular weight excluding hydrogens is 270 g/mol. The zero-order valence-electron chi connectivity index (χ0n) is 10.8. The van der Waals surface area contributed by atoms with E-state index in [2.05, 4.69) is 0 Å². The van der Waals surface area contributed by atoms with E-state index in [0.29, 0.717) is 12.0 Å². The van der Waals surface area contributed by atoms with E-state index in [1.165, 1.54) is 18.2 Å². The van der Waals surface area contributed by atoms with Crippen LogP contribution < -0.4 is 0 Å². The Balaban J connectivity index is 3.02. The SMILES string of the molecule is CC(C)CC(Cc1ccc(Cl)cc1[N+](=O)[O-])C(=O)O. The zero-order valence-corrected chi connectivity index (χ0v) is 11.6. The molecule has 0 radical (unpaired) electrons. The van der Waals surface area contributed by atoms with E-state index in [-0.39, 0.29) is 23.0 Å². The quantitative estimate of drug-likeness (QED) is 0.640. The number of nitrogens with zero attached hydrogens (tertiary/aromatic N) is 1. The maximum Gasteiger partial charge on any atom is 0.306 e. The number of hydrogen-bond acceptors (Lipinski definition) is 3. The van der Waals surface area contributed by atoms with Crippen LogP contribution in [0.5, 0.6) is 0 Å². The molecule has 1 aromatic rings. The Morgan fingerprint density at radius 1 is 1.47 bits per heavy atom. The van der Waals surface area contributed by atoms with Gasteiger partial charge in [-0.2, -0.15) is 0 Å². The number of carboxylic acid groups (broad SMARTS) is 1. The second-order valence-electron chi connectivity index (χ2n) is 4.90. The summed E-state index contributed by atoms with van der Waals surface area (Å²) in [4.78, 5) is 21.6. The molecule has 0 aromatic heterocycles. The van der Waals surface area contributed by atoms with Crippen molar-refractivity contribution in [1.29, 1.82) is 0 Å². The molecule has 0 fully saturated rings. The third-order valence-corrected chi connectivity index (χ3v) is 3.05. The molecule has 6 heteroatoms. The third kappa shape index (κ3) is 4.52. The van der Waals surface area contributed by atoms with Crippen molar-refractivity contribution in [1.82, 2.24) is 0 Å². The number of halogens is 1. The fraction of sp³-hybridized carbons (Fsp3) is 0.462. The highest BCUT2D eigenvalue weighted by Gasteiger charge is 2.24. The van der Waals surface area contributed by atoms with Gasteiger partial charge in [0.25, 0.3) is 5.69 Å². The first-order valence-electron chi connectivity index (χ1n) is 5.97. The molecule has 19 heavy (non-hydrogen) atoms. The van der Waals surface area contributed by atoms with Crippen molar-refractivity contribution >= 4 is 23.3 Å². The van der Waals surface area contributed by atoms with Gasteiger partial charge in [-0.15, -0.1) is 0 Å². The van der Waals surface area contributed by atoms with E-state index in [9.17, 15) is 20.0 Å². The minimum atomic E-state index is -0.932. The number of carbonyl (C=O) groups is 1. The molecule has 0 spiro atoms. The Morgan fingerprint density at radius 2 is 2.11 bits per heavy atom. The van der Waals surface area contributed by atoms with E-state index < -0.39 is 16.8 Å². The topological polar surface area (TPSA) is 80.4 Å². The Hall–Kier alpha value is -1.62. The molecule has 104 valence electrons. The second kappa shape index (κ2) is 6.52. The van der Waals surface area contributed by atoms with Gasteiger partial charge >= 0.3 is 5.97 Å². The molecule has 0 aliphatic carbocycles. The van der Waals surface area contributed by atoms with Crippen molar-refractivity contribution in [3.05, 3.63) is 38.9 Å². The van der Waals surface area contributed by atoms with Gasteiger partial charge in [0.05, 0.1) is 10.8 Å². The first-order valence-corrected chi connectivity index (χ1v) is 6.34. The lowest BCUT2D eigenvalue weighted by molar-refractivity contribution is -0.385. The Morgan fingerprint density at radius 3 is 2.58 bits per heavy atom. The molecule has 1 N–H and O–H groups in total. The zero-order chi connectivity index (χ0) is 14.6. The summed E-state index contributed by atoms with van der Waals surface area (Å²) in [5, 5.41) is 20.4. The van der Waals surface area contributed by atoms with Crippen LogP contribution in [0.2, 0.25) is 5.02 Å². The molecule has 1 atom stereocenters. The van der Waals surface area contributed by atoms with Crippen molar-refractivity contribution in [2.75, 3.05) is 0 Å². The van der Waals surface area contributed by atoms with Crippen molar-refractivity contribution < 1.29 is 14.8 Å². The van der Waals surface area contributed by atoms with Crippen LogP contribution in [0.1, 0.15) is 25.8 Å². The average Bonchev–Trinajstić information content (AvgIpc) is 2.29. The molecule has 0 saturated carbocycles. The smallest absolute Gasteiger partial charge is 0.306 e. The van der Waals surface area contributed by atoms with Crippen LogP contribution in [0.25, 0.3) is 0 Å². The van der Waals surface area contributed by atoms with Crippen molar-refractivity contribution in [3.63, 3.8) is 0 Å². The fourth-order valence-electron chi connectivity index (χ4n) is 1.99. The molecular formula is C13H16ClNO4. The average molecular weight is 286 g/mol. The summed E-state index contributed by atoms with van der Waals surface area (Å²) in [6, 6.07) is 4.32. The van der Waals surface area contributed by atoms with Gasteiger partial charge in [-0.1, -0.05) is 31.5 Å². The first kappa shape index (κ1) is 15.4. The second-order valence-corrected chi connectivity index (χ2v) is 5.34. The number of hydrogen-bond donors (Lipinski definition) is 1. The Kier molecular flexibility index (Phi) is 5.30. The Bertz CT molecular complexity index is 488. The molecule has 1 rings (SSSR count). The van der Waals surface area contributed by atoms with Gasteiger partial charge in [0.1, 0.15) is 0 Å². The number of aliphatic carboxylic acids is 1. The maximum atomic E-state index is 11.2. The lowest BCUT2D eigenvalue weighted by Gasteiger charge is -2.14. The summed E-state index contributed by atoms with van der Waals surface area (Å²) < 4.78 is 0. The third-order valence-electron chi connectivity index (χ3n) is 2.82. The summed E-state index contributed by atoms with van der Waals surface area (Å²) in [6.45, 7) is 3.85. The summed E-state index contributed by atoms with van der Waals surface area (Å²) in [6.07, 6.45) is 0.621. The number of nitro benzene ring substituents is 1. The maximum absolute atomic E-state index is 11.2. The highest BCUT2D eigenvalue weighted by molar-refractivity contribution is 6.30. The van der Waals surface area contributed by atoms with E-state index in [4.69, 9.17) is 11.6 Å². The number of benzene rings is 1. The standard InChI is InChI=1S/C13H16ClNO4/c1-8(2)5-10(13(16)17)6-9-3-4-11(14)7-12(9)15(18)19/h3-4,7-8,10H,5-6H2,1-2H3,(H,16,17). The van der Waals surface area contributed by atoms with Gasteiger partial charge in [0.15, 0.2) is 0 Å².